The lowest BCUT2D eigenvalue weighted by atomic mass is 10.2. The van der Waals surface area contributed by atoms with Gasteiger partial charge in [0.25, 0.3) is 5.91 Å². The van der Waals surface area contributed by atoms with E-state index in [2.05, 4.69) is 21.2 Å². The number of benzene rings is 2. The number of nitrogens with one attached hydrogen (secondary N) is 1. The second kappa shape index (κ2) is 9.34. The van der Waals surface area contributed by atoms with Gasteiger partial charge in [0.1, 0.15) is 10.6 Å². The van der Waals surface area contributed by atoms with E-state index in [1.807, 2.05) is 0 Å². The van der Waals surface area contributed by atoms with Crippen molar-refractivity contribution >= 4 is 37.5 Å². The van der Waals surface area contributed by atoms with Crippen LogP contribution >= 0.6 is 15.9 Å². The number of ether oxygens (including phenoxy) is 1. The number of carbonyl (C=O) groups is 1. The highest BCUT2D eigenvalue weighted by molar-refractivity contribution is 9.10. The zero-order valence-electron chi connectivity index (χ0n) is 15.5. The first-order valence-electron chi connectivity index (χ1n) is 8.67. The fourth-order valence-corrected chi connectivity index (χ4v) is 4.45. The topological polar surface area (TPSA) is 75.7 Å². The molecule has 0 fully saturated rings. The van der Waals surface area contributed by atoms with E-state index in [-0.39, 0.29) is 16.6 Å². The largest absolute Gasteiger partial charge is 0.492 e. The Hall–Kier alpha value is -1.90. The van der Waals surface area contributed by atoms with Crippen LogP contribution in [0.25, 0.3) is 0 Å². The monoisotopic (exact) mass is 454 g/mol. The van der Waals surface area contributed by atoms with Gasteiger partial charge in [-0.3, -0.25) is 4.79 Å². The number of amides is 1. The maximum atomic E-state index is 13.0. The van der Waals surface area contributed by atoms with E-state index < -0.39 is 10.0 Å². The van der Waals surface area contributed by atoms with Crippen LogP contribution in [0.4, 0.5) is 5.69 Å². The molecule has 0 saturated heterocycles. The van der Waals surface area contributed by atoms with Crippen LogP contribution in [0.15, 0.2) is 51.8 Å². The molecule has 8 heteroatoms. The first kappa shape index (κ1) is 21.4. The molecule has 27 heavy (non-hydrogen) atoms. The highest BCUT2D eigenvalue weighted by atomic mass is 79.9. The minimum absolute atomic E-state index is 0.0432. The molecule has 0 spiro atoms. The van der Waals surface area contributed by atoms with Gasteiger partial charge in [-0.2, -0.15) is 4.31 Å². The third-order valence-corrected chi connectivity index (χ3v) is 6.53. The molecule has 0 heterocycles. The summed E-state index contributed by atoms with van der Waals surface area (Å²) in [6.45, 7) is 6.38. The summed E-state index contributed by atoms with van der Waals surface area (Å²) in [6, 6.07) is 11.5. The summed E-state index contributed by atoms with van der Waals surface area (Å²) >= 11 is 3.33. The van der Waals surface area contributed by atoms with Crippen LogP contribution in [0, 0.1) is 0 Å². The number of sulfonamides is 1. The average molecular weight is 455 g/mol. The second-order valence-electron chi connectivity index (χ2n) is 5.64. The molecule has 0 atom stereocenters. The molecule has 0 aliphatic carbocycles. The van der Waals surface area contributed by atoms with Gasteiger partial charge in [0, 0.05) is 28.8 Å². The van der Waals surface area contributed by atoms with Gasteiger partial charge in [-0.25, -0.2) is 8.42 Å². The molecular formula is C19H23BrN2O4S. The number of anilines is 1. The molecule has 0 unspecified atom stereocenters. The summed E-state index contributed by atoms with van der Waals surface area (Å²) in [5.41, 5.74) is 0.859. The van der Waals surface area contributed by atoms with Crippen LogP contribution in [-0.4, -0.2) is 38.3 Å². The number of rotatable bonds is 8. The van der Waals surface area contributed by atoms with Gasteiger partial charge in [-0.05, 0) is 49.4 Å². The van der Waals surface area contributed by atoms with E-state index >= 15 is 0 Å². The highest BCUT2D eigenvalue weighted by Gasteiger charge is 2.26. The second-order valence-corrected chi connectivity index (χ2v) is 8.47. The zero-order valence-corrected chi connectivity index (χ0v) is 17.9. The van der Waals surface area contributed by atoms with Crippen molar-refractivity contribution in [3.8, 4) is 5.75 Å². The highest BCUT2D eigenvalue weighted by Crippen LogP contribution is 2.30. The Balaban J connectivity index is 2.39. The molecule has 0 aliphatic heterocycles. The Labute approximate surface area is 168 Å². The van der Waals surface area contributed by atoms with E-state index in [4.69, 9.17) is 4.74 Å². The predicted octanol–water partition coefficient (Wildman–Crippen LogP) is 4.13. The molecular weight excluding hydrogens is 432 g/mol. The molecule has 0 saturated carbocycles. The van der Waals surface area contributed by atoms with Crippen molar-refractivity contribution in [1.82, 2.24) is 4.31 Å². The van der Waals surface area contributed by atoms with Gasteiger partial charge < -0.3 is 10.1 Å². The Morgan fingerprint density at radius 3 is 2.26 bits per heavy atom. The van der Waals surface area contributed by atoms with Crippen LogP contribution < -0.4 is 10.1 Å². The Kier molecular flexibility index (Phi) is 7.41. The maximum Gasteiger partial charge on any atom is 0.255 e. The van der Waals surface area contributed by atoms with Crippen molar-refractivity contribution in [2.45, 2.75) is 25.7 Å². The van der Waals surface area contributed by atoms with Gasteiger partial charge in [-0.15, -0.1) is 0 Å². The molecule has 2 aromatic rings. The third kappa shape index (κ3) is 5.09. The molecule has 0 aromatic heterocycles. The quantitative estimate of drug-likeness (QED) is 0.650. The molecule has 0 bridgehead atoms. The van der Waals surface area contributed by atoms with Crippen LogP contribution in [0.5, 0.6) is 5.75 Å². The van der Waals surface area contributed by atoms with Crippen molar-refractivity contribution in [3.63, 3.8) is 0 Å². The minimum Gasteiger partial charge on any atom is -0.492 e. The van der Waals surface area contributed by atoms with Gasteiger partial charge in [0.2, 0.25) is 10.0 Å². The van der Waals surface area contributed by atoms with Crippen molar-refractivity contribution < 1.29 is 17.9 Å². The summed E-state index contributed by atoms with van der Waals surface area (Å²) < 4.78 is 33.6. The maximum absolute atomic E-state index is 13.0. The van der Waals surface area contributed by atoms with Crippen LogP contribution in [0.1, 0.15) is 31.1 Å². The van der Waals surface area contributed by atoms with E-state index in [0.29, 0.717) is 30.9 Å². The van der Waals surface area contributed by atoms with Gasteiger partial charge in [-0.1, -0.05) is 29.8 Å². The first-order chi connectivity index (χ1) is 12.8. The normalized spacial score (nSPS) is 11.4. The first-order valence-corrected chi connectivity index (χ1v) is 10.9. The fourth-order valence-electron chi connectivity index (χ4n) is 2.57. The predicted molar refractivity (Wildman–Crippen MR) is 110 cm³/mol. The molecule has 0 radical (unpaired) electrons. The average Bonchev–Trinajstić information content (AvgIpc) is 2.64. The molecule has 0 aliphatic rings. The lowest BCUT2D eigenvalue weighted by Crippen LogP contribution is -2.31. The van der Waals surface area contributed by atoms with Crippen LogP contribution in [-0.2, 0) is 10.0 Å². The third-order valence-electron chi connectivity index (χ3n) is 3.93. The smallest absolute Gasteiger partial charge is 0.255 e. The van der Waals surface area contributed by atoms with E-state index in [1.54, 1.807) is 57.2 Å². The molecule has 2 aromatic carbocycles. The fraction of sp³-hybridized carbons (Fsp3) is 0.316. The molecule has 146 valence electrons. The van der Waals surface area contributed by atoms with E-state index in [9.17, 15) is 13.2 Å². The summed E-state index contributed by atoms with van der Waals surface area (Å²) in [4.78, 5) is 12.5. The number of hydrogen-bond donors (Lipinski definition) is 1. The Morgan fingerprint density at radius 2 is 1.70 bits per heavy atom. The number of carbonyl (C=O) groups excluding carboxylic acids is 1. The van der Waals surface area contributed by atoms with Crippen LogP contribution in [0.3, 0.4) is 0 Å². The summed E-state index contributed by atoms with van der Waals surface area (Å²) in [5, 5.41) is 2.74. The van der Waals surface area contributed by atoms with Crippen molar-refractivity contribution in [2.24, 2.45) is 0 Å². The van der Waals surface area contributed by atoms with Crippen LogP contribution in [0.2, 0.25) is 0 Å². The number of halogens is 1. The minimum atomic E-state index is -3.73. The summed E-state index contributed by atoms with van der Waals surface area (Å²) in [7, 11) is -3.73. The number of nitrogens with zero attached hydrogens (tertiary/aromatic N) is 1. The van der Waals surface area contributed by atoms with Crippen molar-refractivity contribution in [2.75, 3.05) is 25.0 Å². The lowest BCUT2D eigenvalue weighted by molar-refractivity contribution is 0.102. The van der Waals surface area contributed by atoms with Gasteiger partial charge >= 0.3 is 0 Å². The lowest BCUT2D eigenvalue weighted by Gasteiger charge is -2.21. The van der Waals surface area contributed by atoms with E-state index in [1.165, 1.54) is 10.4 Å². The summed E-state index contributed by atoms with van der Waals surface area (Å²) in [6.07, 6.45) is 0. The number of hydrogen-bond acceptors (Lipinski definition) is 4. The van der Waals surface area contributed by atoms with Crippen molar-refractivity contribution in [3.05, 3.63) is 52.5 Å². The standard InChI is InChI=1S/C19H23BrN2O4S/c1-4-22(5-2)27(24,25)18-13-16(11-12-17(18)26-6-3)21-19(23)14-7-9-15(20)10-8-14/h7-13H,4-6H2,1-3H3,(H,21,23). The van der Waals surface area contributed by atoms with Crippen molar-refractivity contribution in [1.29, 1.82) is 0 Å². The SMILES string of the molecule is CCOc1ccc(NC(=O)c2ccc(Br)cc2)cc1S(=O)(=O)N(CC)CC. The Bertz CT molecular complexity index is 894. The van der Waals surface area contributed by atoms with Gasteiger partial charge in [0.05, 0.1) is 6.61 Å². The molecule has 2 rings (SSSR count). The van der Waals surface area contributed by atoms with Gasteiger partial charge in [0.15, 0.2) is 0 Å². The zero-order chi connectivity index (χ0) is 20.0. The summed E-state index contributed by atoms with van der Waals surface area (Å²) in [5.74, 6) is -0.0520. The molecule has 6 nitrogen and oxygen atoms in total. The molecule has 1 amide bonds. The van der Waals surface area contributed by atoms with E-state index in [0.717, 1.165) is 4.47 Å². The molecule has 1 N–H and O–H groups in total. The Morgan fingerprint density at radius 1 is 1.07 bits per heavy atom.